The molecule has 1 saturated heterocycles. The standard InChI is InChI=1S/C30H35NO/c1-19-12-14-24(15-13-19)27-26-22(4)28(20(2)21(3)29(26)32-30(27,5)6)31-17-16-25(18-31)23-10-8-7-9-11-23/h7-15,25,27H,16-18H2,1-6H3. The van der Waals surface area contributed by atoms with E-state index in [0.717, 1.165) is 18.8 Å². The molecule has 3 aromatic rings. The average Bonchev–Trinajstić information content (AvgIpc) is 3.36. The van der Waals surface area contributed by atoms with Crippen LogP contribution in [0.5, 0.6) is 5.75 Å². The van der Waals surface area contributed by atoms with E-state index < -0.39 is 0 Å². The van der Waals surface area contributed by atoms with Gasteiger partial charge in [0.15, 0.2) is 0 Å². The molecular weight excluding hydrogens is 390 g/mol. The Morgan fingerprint density at radius 1 is 0.812 bits per heavy atom. The van der Waals surface area contributed by atoms with Gasteiger partial charge < -0.3 is 9.64 Å². The Bertz CT molecular complexity index is 1140. The van der Waals surface area contributed by atoms with E-state index in [1.165, 1.54) is 51.1 Å². The molecule has 0 aromatic heterocycles. The topological polar surface area (TPSA) is 12.5 Å². The van der Waals surface area contributed by atoms with Gasteiger partial charge in [0.05, 0.1) is 5.92 Å². The minimum atomic E-state index is -0.268. The number of hydrogen-bond acceptors (Lipinski definition) is 2. The summed E-state index contributed by atoms with van der Waals surface area (Å²) >= 11 is 0. The molecule has 0 N–H and O–H groups in total. The Labute approximate surface area is 193 Å². The molecule has 0 spiro atoms. The lowest BCUT2D eigenvalue weighted by Crippen LogP contribution is -2.31. The fourth-order valence-electron chi connectivity index (χ4n) is 6.04. The smallest absolute Gasteiger partial charge is 0.127 e. The summed E-state index contributed by atoms with van der Waals surface area (Å²) in [5, 5.41) is 0. The van der Waals surface area contributed by atoms with Crippen LogP contribution in [-0.4, -0.2) is 18.7 Å². The van der Waals surface area contributed by atoms with Gasteiger partial charge in [0.2, 0.25) is 0 Å². The molecule has 2 heteroatoms. The first-order valence-electron chi connectivity index (χ1n) is 12.0. The lowest BCUT2D eigenvalue weighted by atomic mass is 9.78. The molecule has 2 unspecified atom stereocenters. The molecule has 2 atom stereocenters. The predicted octanol–water partition coefficient (Wildman–Crippen LogP) is 7.22. The second kappa shape index (κ2) is 7.69. The van der Waals surface area contributed by atoms with E-state index in [1.54, 1.807) is 0 Å². The van der Waals surface area contributed by atoms with Gasteiger partial charge in [-0.1, -0.05) is 60.2 Å². The maximum Gasteiger partial charge on any atom is 0.127 e. The predicted molar refractivity (Wildman–Crippen MR) is 134 cm³/mol. The van der Waals surface area contributed by atoms with Crippen LogP contribution in [0.25, 0.3) is 0 Å². The molecule has 0 radical (unpaired) electrons. The van der Waals surface area contributed by atoms with Crippen LogP contribution in [0.15, 0.2) is 54.6 Å². The molecule has 2 nitrogen and oxygen atoms in total. The summed E-state index contributed by atoms with van der Waals surface area (Å²) in [6.07, 6.45) is 1.21. The summed E-state index contributed by atoms with van der Waals surface area (Å²) in [7, 11) is 0. The third-order valence-electron chi connectivity index (χ3n) is 7.80. The van der Waals surface area contributed by atoms with Crippen molar-refractivity contribution in [3.63, 3.8) is 0 Å². The van der Waals surface area contributed by atoms with Crippen LogP contribution in [0.2, 0.25) is 0 Å². The third-order valence-corrected chi connectivity index (χ3v) is 7.80. The molecule has 2 heterocycles. The maximum absolute atomic E-state index is 6.67. The van der Waals surface area contributed by atoms with Crippen LogP contribution in [0.3, 0.4) is 0 Å². The van der Waals surface area contributed by atoms with Crippen molar-refractivity contribution in [2.24, 2.45) is 0 Å². The van der Waals surface area contributed by atoms with Crippen molar-refractivity contribution in [3.05, 3.63) is 93.5 Å². The molecular formula is C30H35NO. The Morgan fingerprint density at radius 2 is 1.50 bits per heavy atom. The molecule has 166 valence electrons. The Kier molecular flexibility index (Phi) is 5.08. The van der Waals surface area contributed by atoms with E-state index in [4.69, 9.17) is 4.74 Å². The van der Waals surface area contributed by atoms with Gasteiger partial charge in [-0.15, -0.1) is 0 Å². The van der Waals surface area contributed by atoms with Crippen LogP contribution >= 0.6 is 0 Å². The zero-order valence-electron chi connectivity index (χ0n) is 20.3. The van der Waals surface area contributed by atoms with Gasteiger partial charge in [-0.2, -0.15) is 0 Å². The Morgan fingerprint density at radius 3 is 2.19 bits per heavy atom. The van der Waals surface area contributed by atoms with Crippen molar-refractivity contribution in [3.8, 4) is 5.75 Å². The SMILES string of the molecule is Cc1ccc(C2c3c(C)c(N4CCC(c5ccccc5)C4)c(C)c(C)c3OC2(C)C)cc1. The first-order chi connectivity index (χ1) is 15.3. The summed E-state index contributed by atoms with van der Waals surface area (Å²) < 4.78 is 6.67. The van der Waals surface area contributed by atoms with Crippen molar-refractivity contribution >= 4 is 5.69 Å². The number of nitrogens with zero attached hydrogens (tertiary/aromatic N) is 1. The highest BCUT2D eigenvalue weighted by Crippen LogP contribution is 2.54. The van der Waals surface area contributed by atoms with Crippen LogP contribution in [0.4, 0.5) is 5.69 Å². The van der Waals surface area contributed by atoms with Crippen molar-refractivity contribution in [1.82, 2.24) is 0 Å². The monoisotopic (exact) mass is 425 g/mol. The fourth-order valence-corrected chi connectivity index (χ4v) is 6.04. The minimum absolute atomic E-state index is 0.240. The van der Waals surface area contributed by atoms with Gasteiger partial charge in [-0.05, 0) is 75.8 Å². The quantitative estimate of drug-likeness (QED) is 0.439. The molecule has 5 rings (SSSR count). The molecule has 3 aromatic carbocycles. The van der Waals surface area contributed by atoms with E-state index in [9.17, 15) is 0 Å². The zero-order valence-corrected chi connectivity index (χ0v) is 20.3. The highest BCUT2D eigenvalue weighted by molar-refractivity contribution is 5.72. The summed E-state index contributed by atoms with van der Waals surface area (Å²) in [6, 6.07) is 20.0. The van der Waals surface area contributed by atoms with Crippen LogP contribution in [-0.2, 0) is 0 Å². The molecule has 2 aliphatic rings. The molecule has 0 aliphatic carbocycles. The number of benzene rings is 3. The van der Waals surface area contributed by atoms with Gasteiger partial charge in [0, 0.05) is 30.3 Å². The highest BCUT2D eigenvalue weighted by atomic mass is 16.5. The summed E-state index contributed by atoms with van der Waals surface area (Å²) in [4.78, 5) is 2.63. The Balaban J connectivity index is 1.59. The van der Waals surface area contributed by atoms with Crippen LogP contribution in [0, 0.1) is 27.7 Å². The first kappa shape index (κ1) is 21.1. The van der Waals surface area contributed by atoms with Crippen molar-refractivity contribution in [2.75, 3.05) is 18.0 Å². The number of ether oxygens (including phenoxy) is 1. The Hall–Kier alpha value is -2.74. The summed E-state index contributed by atoms with van der Waals surface area (Å²) in [6.45, 7) is 15.7. The molecule has 0 bridgehead atoms. The average molecular weight is 426 g/mol. The molecule has 1 fully saturated rings. The van der Waals surface area contributed by atoms with E-state index in [-0.39, 0.29) is 11.5 Å². The second-order valence-corrected chi connectivity index (χ2v) is 10.4. The number of hydrogen-bond donors (Lipinski definition) is 0. The second-order valence-electron chi connectivity index (χ2n) is 10.4. The van der Waals surface area contributed by atoms with E-state index >= 15 is 0 Å². The fraction of sp³-hybridized carbons (Fsp3) is 0.400. The van der Waals surface area contributed by atoms with E-state index in [1.807, 2.05) is 0 Å². The summed E-state index contributed by atoms with van der Waals surface area (Å²) in [5.41, 5.74) is 10.7. The minimum Gasteiger partial charge on any atom is -0.486 e. The largest absolute Gasteiger partial charge is 0.486 e. The molecule has 2 aliphatic heterocycles. The molecule has 0 amide bonds. The number of fused-ring (bicyclic) bond motifs is 1. The van der Waals surface area contributed by atoms with Crippen molar-refractivity contribution < 1.29 is 4.74 Å². The number of rotatable bonds is 3. The maximum atomic E-state index is 6.67. The van der Waals surface area contributed by atoms with Crippen LogP contribution < -0.4 is 9.64 Å². The van der Waals surface area contributed by atoms with E-state index in [0.29, 0.717) is 5.92 Å². The van der Waals surface area contributed by atoms with E-state index in [2.05, 4.69) is 101 Å². The molecule has 0 saturated carbocycles. The van der Waals surface area contributed by atoms with Gasteiger partial charge >= 0.3 is 0 Å². The summed E-state index contributed by atoms with van der Waals surface area (Å²) in [5.74, 6) is 1.95. The third kappa shape index (κ3) is 3.32. The zero-order chi connectivity index (χ0) is 22.6. The highest BCUT2D eigenvalue weighted by Gasteiger charge is 2.45. The first-order valence-corrected chi connectivity index (χ1v) is 12.0. The normalized spacial score (nSPS) is 21.5. The van der Waals surface area contributed by atoms with Gasteiger partial charge in [-0.25, -0.2) is 0 Å². The van der Waals surface area contributed by atoms with Crippen molar-refractivity contribution in [1.29, 1.82) is 0 Å². The number of anilines is 1. The van der Waals surface area contributed by atoms with Gasteiger partial charge in [0.25, 0.3) is 0 Å². The lowest BCUT2D eigenvalue weighted by Gasteiger charge is -2.29. The molecule has 32 heavy (non-hydrogen) atoms. The van der Waals surface area contributed by atoms with Gasteiger partial charge in [0.1, 0.15) is 11.4 Å². The van der Waals surface area contributed by atoms with Gasteiger partial charge in [-0.3, -0.25) is 0 Å². The number of aryl methyl sites for hydroxylation is 1. The lowest BCUT2D eigenvalue weighted by molar-refractivity contribution is 0.121. The van der Waals surface area contributed by atoms with Crippen LogP contribution in [0.1, 0.15) is 71.0 Å². The van der Waals surface area contributed by atoms with Crippen molar-refractivity contribution in [2.45, 2.75) is 65.4 Å².